The maximum atomic E-state index is 11.9. The monoisotopic (exact) mass is 295 g/mol. The van der Waals surface area contributed by atoms with Gasteiger partial charge in [0.1, 0.15) is 11.8 Å². The summed E-state index contributed by atoms with van der Waals surface area (Å²) in [5.41, 5.74) is 11.9. The van der Waals surface area contributed by atoms with Gasteiger partial charge in [0.15, 0.2) is 0 Å². The highest BCUT2D eigenvalue weighted by molar-refractivity contribution is 5.86. The number of phenols is 1. The van der Waals surface area contributed by atoms with Crippen molar-refractivity contribution in [2.45, 2.75) is 31.3 Å². The van der Waals surface area contributed by atoms with E-state index in [0.717, 1.165) is 5.56 Å². The van der Waals surface area contributed by atoms with E-state index in [-0.39, 0.29) is 18.6 Å². The first-order valence-electron chi connectivity index (χ1n) is 6.70. The van der Waals surface area contributed by atoms with Gasteiger partial charge in [0.25, 0.3) is 0 Å². The number of hydrogen-bond donors (Lipinski definition) is 5. The van der Waals surface area contributed by atoms with Crippen molar-refractivity contribution >= 4 is 11.9 Å². The van der Waals surface area contributed by atoms with Gasteiger partial charge in [0.2, 0.25) is 5.91 Å². The van der Waals surface area contributed by atoms with Gasteiger partial charge < -0.3 is 27.0 Å². The van der Waals surface area contributed by atoms with Crippen LogP contribution in [0.25, 0.3) is 0 Å². The molecule has 0 bridgehead atoms. The number of amides is 1. The Kier molecular flexibility index (Phi) is 6.64. The van der Waals surface area contributed by atoms with Crippen LogP contribution >= 0.6 is 0 Å². The molecule has 0 saturated carbocycles. The van der Waals surface area contributed by atoms with Crippen LogP contribution in [0.15, 0.2) is 24.3 Å². The fraction of sp³-hybridized carbons (Fsp3) is 0.429. The summed E-state index contributed by atoms with van der Waals surface area (Å²) < 4.78 is 0. The summed E-state index contributed by atoms with van der Waals surface area (Å²) >= 11 is 0. The van der Waals surface area contributed by atoms with Crippen LogP contribution < -0.4 is 16.8 Å². The van der Waals surface area contributed by atoms with Crippen molar-refractivity contribution in [3.05, 3.63) is 29.8 Å². The molecule has 21 heavy (non-hydrogen) atoms. The smallest absolute Gasteiger partial charge is 0.326 e. The second-order valence-electron chi connectivity index (χ2n) is 4.81. The Labute approximate surface area is 122 Å². The summed E-state index contributed by atoms with van der Waals surface area (Å²) in [4.78, 5) is 22.9. The summed E-state index contributed by atoms with van der Waals surface area (Å²) in [6, 6.07) is 4.49. The van der Waals surface area contributed by atoms with Gasteiger partial charge in [0, 0.05) is 0 Å². The molecule has 0 unspecified atom stereocenters. The first-order chi connectivity index (χ1) is 9.93. The summed E-state index contributed by atoms with van der Waals surface area (Å²) in [5, 5.41) is 20.6. The Morgan fingerprint density at radius 3 is 2.38 bits per heavy atom. The maximum Gasteiger partial charge on any atom is 0.326 e. The van der Waals surface area contributed by atoms with Gasteiger partial charge in [-0.1, -0.05) is 12.1 Å². The van der Waals surface area contributed by atoms with Crippen molar-refractivity contribution < 1.29 is 19.8 Å². The largest absolute Gasteiger partial charge is 0.508 e. The van der Waals surface area contributed by atoms with Crippen LogP contribution in [0.5, 0.6) is 5.75 Å². The van der Waals surface area contributed by atoms with Crippen LogP contribution in [-0.2, 0) is 16.0 Å². The molecule has 7 heteroatoms. The number of nitrogens with two attached hydrogens (primary N) is 2. The van der Waals surface area contributed by atoms with Gasteiger partial charge in [0.05, 0.1) is 6.04 Å². The zero-order valence-corrected chi connectivity index (χ0v) is 11.7. The minimum atomic E-state index is -1.10. The molecule has 1 rings (SSSR count). The molecule has 0 radical (unpaired) electrons. The van der Waals surface area contributed by atoms with Gasteiger partial charge in [-0.25, -0.2) is 4.79 Å². The number of carboxylic acid groups (broad SMARTS) is 1. The van der Waals surface area contributed by atoms with E-state index in [1.807, 2.05) is 0 Å². The van der Waals surface area contributed by atoms with Gasteiger partial charge in [-0.2, -0.15) is 0 Å². The molecule has 0 fully saturated rings. The third kappa shape index (κ3) is 5.80. The van der Waals surface area contributed by atoms with E-state index >= 15 is 0 Å². The molecule has 0 aliphatic carbocycles. The predicted molar refractivity (Wildman–Crippen MR) is 77.6 cm³/mol. The molecule has 0 aliphatic rings. The summed E-state index contributed by atoms with van der Waals surface area (Å²) in [6.45, 7) is 0.360. The number of carbonyl (C=O) groups is 2. The number of aliphatic carboxylic acids is 1. The lowest BCUT2D eigenvalue weighted by Crippen LogP contribution is -2.49. The zero-order chi connectivity index (χ0) is 15.8. The van der Waals surface area contributed by atoms with Gasteiger partial charge in [-0.3, -0.25) is 4.79 Å². The van der Waals surface area contributed by atoms with E-state index in [0.29, 0.717) is 13.0 Å². The first-order valence-corrected chi connectivity index (χ1v) is 6.70. The minimum Gasteiger partial charge on any atom is -0.508 e. The lowest BCUT2D eigenvalue weighted by molar-refractivity contribution is -0.142. The SMILES string of the molecule is NCCC[C@H](NC(=O)[C@@H](N)Cc1ccc(O)cc1)C(=O)O. The lowest BCUT2D eigenvalue weighted by atomic mass is 10.0. The number of benzene rings is 1. The maximum absolute atomic E-state index is 11.9. The molecular formula is C14H21N3O4. The number of carbonyl (C=O) groups excluding carboxylic acids is 1. The molecule has 0 spiro atoms. The van der Waals surface area contributed by atoms with Crippen molar-refractivity contribution in [3.8, 4) is 5.75 Å². The topological polar surface area (TPSA) is 139 Å². The van der Waals surface area contributed by atoms with E-state index in [1.165, 1.54) is 12.1 Å². The van der Waals surface area contributed by atoms with Crippen LogP contribution in [0.3, 0.4) is 0 Å². The van der Waals surface area contributed by atoms with Crippen LogP contribution in [0.1, 0.15) is 18.4 Å². The molecule has 7 nitrogen and oxygen atoms in total. The standard InChI is InChI=1S/C14H21N3O4/c15-7-1-2-12(14(20)21)17-13(19)11(16)8-9-3-5-10(18)6-4-9/h3-6,11-12,18H,1-2,7-8,15-16H2,(H,17,19)(H,20,21)/t11-,12-/m0/s1. The van der Waals surface area contributed by atoms with E-state index in [9.17, 15) is 14.7 Å². The molecule has 0 heterocycles. The van der Waals surface area contributed by atoms with Crippen LogP contribution in [0, 0.1) is 0 Å². The normalized spacial score (nSPS) is 13.4. The fourth-order valence-corrected chi connectivity index (χ4v) is 1.84. The molecule has 1 amide bonds. The van der Waals surface area contributed by atoms with Gasteiger partial charge >= 0.3 is 5.97 Å². The quantitative estimate of drug-likeness (QED) is 0.441. The van der Waals surface area contributed by atoms with E-state index in [1.54, 1.807) is 12.1 Å². The molecule has 0 saturated heterocycles. The van der Waals surface area contributed by atoms with Gasteiger partial charge in [-0.15, -0.1) is 0 Å². The highest BCUT2D eigenvalue weighted by Crippen LogP contribution is 2.11. The minimum absolute atomic E-state index is 0.129. The van der Waals surface area contributed by atoms with E-state index in [2.05, 4.69) is 5.32 Å². The van der Waals surface area contributed by atoms with Crippen LogP contribution in [-0.4, -0.2) is 40.7 Å². The van der Waals surface area contributed by atoms with Gasteiger partial charge in [-0.05, 0) is 43.5 Å². The Balaban J connectivity index is 2.56. The molecule has 116 valence electrons. The third-order valence-electron chi connectivity index (χ3n) is 3.04. The molecule has 0 aliphatic heterocycles. The number of aromatic hydroxyl groups is 1. The second-order valence-corrected chi connectivity index (χ2v) is 4.81. The van der Waals surface area contributed by atoms with Crippen molar-refractivity contribution in [3.63, 3.8) is 0 Å². The predicted octanol–water partition coefficient (Wildman–Crippen LogP) is -0.430. The summed E-state index contributed by atoms with van der Waals surface area (Å²) in [5.74, 6) is -1.49. The number of phenolic OH excluding ortho intramolecular Hbond substituents is 1. The Morgan fingerprint density at radius 2 is 1.86 bits per heavy atom. The van der Waals surface area contributed by atoms with Crippen molar-refractivity contribution in [2.75, 3.05) is 6.54 Å². The zero-order valence-electron chi connectivity index (χ0n) is 11.7. The molecule has 2 atom stereocenters. The lowest BCUT2D eigenvalue weighted by Gasteiger charge is -2.17. The summed E-state index contributed by atoms with van der Waals surface area (Å²) in [7, 11) is 0. The molecule has 1 aromatic carbocycles. The number of hydrogen-bond acceptors (Lipinski definition) is 5. The fourth-order valence-electron chi connectivity index (χ4n) is 1.84. The highest BCUT2D eigenvalue weighted by Gasteiger charge is 2.22. The van der Waals surface area contributed by atoms with E-state index in [4.69, 9.17) is 16.6 Å². The molecular weight excluding hydrogens is 274 g/mol. The first kappa shape index (κ1) is 16.9. The molecule has 0 aromatic heterocycles. The van der Waals surface area contributed by atoms with E-state index < -0.39 is 24.0 Å². The highest BCUT2D eigenvalue weighted by atomic mass is 16.4. The van der Waals surface area contributed by atoms with Crippen molar-refractivity contribution in [1.82, 2.24) is 5.32 Å². The molecule has 7 N–H and O–H groups in total. The Hall–Kier alpha value is -2.12. The number of nitrogens with one attached hydrogen (secondary N) is 1. The Bertz CT molecular complexity index is 476. The van der Waals surface area contributed by atoms with Crippen molar-refractivity contribution in [2.24, 2.45) is 11.5 Å². The second kappa shape index (κ2) is 8.23. The van der Waals surface area contributed by atoms with Crippen LogP contribution in [0.2, 0.25) is 0 Å². The Morgan fingerprint density at radius 1 is 1.24 bits per heavy atom. The number of rotatable bonds is 8. The van der Waals surface area contributed by atoms with Crippen LogP contribution in [0.4, 0.5) is 0 Å². The summed E-state index contributed by atoms with van der Waals surface area (Å²) in [6.07, 6.45) is 1.03. The number of carboxylic acids is 1. The average Bonchev–Trinajstić information content (AvgIpc) is 2.45. The third-order valence-corrected chi connectivity index (χ3v) is 3.04. The van der Waals surface area contributed by atoms with Crippen molar-refractivity contribution in [1.29, 1.82) is 0 Å². The molecule has 1 aromatic rings. The average molecular weight is 295 g/mol.